The van der Waals surface area contributed by atoms with E-state index in [-0.39, 0.29) is 11.2 Å². The molecule has 0 amide bonds. The molecule has 0 radical (unpaired) electrons. The standard InChI is InChI=1S/C10H4N5O15P3/c11-5-13-2(16)1-3-14-4-7(23-31(18,30-15(3)5)22-6(14)12-1)8(25-32(19,24-7)26-8)9(21-4)10(17)28-33(20,27-9)29-10/h4,17H,(H2,11,13,16)/t4-,7?,8?,9+,10?,31?,32?,33?/m1/s1. The maximum Gasteiger partial charge on any atom is 0.612 e. The third-order valence-electron chi connectivity index (χ3n) is 5.88. The molecule has 8 bridgehead atoms. The van der Waals surface area contributed by atoms with Crippen LogP contribution in [0.5, 0.6) is 6.01 Å². The van der Waals surface area contributed by atoms with Gasteiger partial charge in [-0.1, -0.05) is 0 Å². The van der Waals surface area contributed by atoms with Crippen molar-refractivity contribution in [1.82, 2.24) is 19.3 Å². The van der Waals surface area contributed by atoms with Gasteiger partial charge >= 0.3 is 52.6 Å². The van der Waals surface area contributed by atoms with E-state index >= 15 is 0 Å². The van der Waals surface area contributed by atoms with Crippen LogP contribution in [0, 0.1) is 0 Å². The maximum absolute atomic E-state index is 13.6. The maximum atomic E-state index is 13.6. The lowest BCUT2D eigenvalue weighted by atomic mass is 9.97. The number of imidazole rings is 1. The fraction of sp³-hybridized carbons (Fsp3) is 0.500. The SMILES string of the molecule is Nc1nc(=O)c2nc3n4c2n1OP(=O)(O3)OC12OP3(=O)OC1(O3)[C@]1(O[C@@H]42)OP2(=O)OC1(O)O2. The summed E-state index contributed by atoms with van der Waals surface area (Å²) in [7, 11) is -13.7. The first-order valence-electron chi connectivity index (χ1n) is 8.75. The Morgan fingerprint density at radius 3 is 2.30 bits per heavy atom. The topological polar surface area (TPSA) is 242 Å². The van der Waals surface area contributed by atoms with Gasteiger partial charge in [0.2, 0.25) is 12.2 Å². The lowest BCUT2D eigenvalue weighted by Crippen LogP contribution is -2.71. The molecule has 33 heavy (non-hydrogen) atoms. The Morgan fingerprint density at radius 2 is 1.61 bits per heavy atom. The molecule has 3 N–H and O–H groups in total. The van der Waals surface area contributed by atoms with Crippen molar-refractivity contribution in [3.63, 3.8) is 0 Å². The second-order valence-electron chi connectivity index (χ2n) is 7.61. The summed E-state index contributed by atoms with van der Waals surface area (Å²) in [5, 5.41) is 10.8. The zero-order valence-corrected chi connectivity index (χ0v) is 17.6. The van der Waals surface area contributed by atoms with Crippen molar-refractivity contribution in [2.75, 3.05) is 5.73 Å². The number of hydrogen-bond donors (Lipinski definition) is 2. The lowest BCUT2D eigenvalue weighted by molar-refractivity contribution is -0.456. The number of aromatic nitrogens is 4. The van der Waals surface area contributed by atoms with Gasteiger partial charge in [0.15, 0.2) is 11.2 Å². The molecule has 20 nitrogen and oxygen atoms in total. The average Bonchev–Trinajstić information content (AvgIpc) is 3.32. The lowest BCUT2D eigenvalue weighted by Gasteiger charge is -2.44. The molecule has 9 aliphatic rings. The summed E-state index contributed by atoms with van der Waals surface area (Å²) >= 11 is 0. The molecule has 0 aliphatic carbocycles. The average molecular weight is 527 g/mol. The summed E-state index contributed by atoms with van der Waals surface area (Å²) in [4.78, 5) is 19.9. The number of nitrogens with zero attached hydrogens (tertiary/aromatic N) is 4. The number of nitrogens with two attached hydrogens (primary N) is 1. The minimum Gasteiger partial charge on any atom is -0.367 e. The Labute approximate surface area is 176 Å². The van der Waals surface area contributed by atoms with Crippen LogP contribution in [-0.4, -0.2) is 47.7 Å². The Hall–Kier alpha value is -1.92. The van der Waals surface area contributed by atoms with Gasteiger partial charge in [0, 0.05) is 0 Å². The van der Waals surface area contributed by atoms with Crippen LogP contribution in [-0.2, 0) is 50.1 Å². The second-order valence-corrected chi connectivity index (χ2v) is 11.9. The van der Waals surface area contributed by atoms with Gasteiger partial charge in [0.1, 0.15) is 0 Å². The van der Waals surface area contributed by atoms with E-state index in [1.165, 1.54) is 0 Å². The molecule has 9 aliphatic heterocycles. The van der Waals surface area contributed by atoms with Gasteiger partial charge in [-0.2, -0.15) is 9.97 Å². The number of phosphoric ester groups is 3. The van der Waals surface area contributed by atoms with Crippen molar-refractivity contribution in [3.8, 4) is 6.01 Å². The van der Waals surface area contributed by atoms with Gasteiger partial charge in [0.25, 0.3) is 5.79 Å². The fourth-order valence-electron chi connectivity index (χ4n) is 4.80. The number of ether oxygens (including phenoxy) is 1. The van der Waals surface area contributed by atoms with E-state index in [9.17, 15) is 23.6 Å². The summed E-state index contributed by atoms with van der Waals surface area (Å²) < 4.78 is 93.1. The molecule has 2 aromatic rings. The van der Waals surface area contributed by atoms with Crippen LogP contribution in [0.3, 0.4) is 0 Å². The summed E-state index contributed by atoms with van der Waals surface area (Å²) in [5.41, 5.74) is 4.14. The minimum absolute atomic E-state index is 0.308. The number of rotatable bonds is 0. The van der Waals surface area contributed by atoms with Gasteiger partial charge < -0.3 is 20.1 Å². The van der Waals surface area contributed by atoms with Crippen molar-refractivity contribution in [2.45, 2.75) is 29.6 Å². The van der Waals surface area contributed by atoms with E-state index in [0.29, 0.717) is 4.73 Å². The van der Waals surface area contributed by atoms with Gasteiger partial charge in [-0.3, -0.25) is 9.42 Å². The highest BCUT2D eigenvalue weighted by atomic mass is 31.2. The van der Waals surface area contributed by atoms with Gasteiger partial charge in [-0.25, -0.2) is 49.9 Å². The largest absolute Gasteiger partial charge is 0.612 e. The molecule has 7 saturated heterocycles. The van der Waals surface area contributed by atoms with E-state index in [1.54, 1.807) is 0 Å². The number of nitrogen functional groups attached to an aromatic ring is 1. The van der Waals surface area contributed by atoms with Crippen molar-refractivity contribution >= 4 is 40.6 Å². The van der Waals surface area contributed by atoms with Crippen LogP contribution >= 0.6 is 23.5 Å². The van der Waals surface area contributed by atoms with E-state index in [2.05, 4.69) is 9.97 Å². The highest BCUT2D eigenvalue weighted by Crippen LogP contribution is 2.93. The van der Waals surface area contributed by atoms with Crippen LogP contribution < -0.4 is 20.4 Å². The Kier molecular flexibility index (Phi) is 2.45. The first-order valence-corrected chi connectivity index (χ1v) is 13.1. The summed E-state index contributed by atoms with van der Waals surface area (Å²) in [6.45, 7) is 0. The molecular weight excluding hydrogens is 523 g/mol. The number of hydrogen-bond acceptors (Lipinski definition) is 18. The number of phosphoric acid groups is 3. The quantitative estimate of drug-likeness (QED) is 0.381. The molecule has 3 spiro atoms. The minimum atomic E-state index is -4.90. The Balaban J connectivity index is 1.42. The molecule has 23 heteroatoms. The molecule has 174 valence electrons. The van der Waals surface area contributed by atoms with Crippen LogP contribution in [0.25, 0.3) is 11.2 Å². The van der Waals surface area contributed by atoms with Crippen molar-refractivity contribution in [3.05, 3.63) is 10.4 Å². The van der Waals surface area contributed by atoms with Crippen molar-refractivity contribution in [1.29, 1.82) is 0 Å². The molecule has 0 aromatic carbocycles. The Bertz CT molecular complexity index is 1610. The van der Waals surface area contributed by atoms with Crippen molar-refractivity contribution < 1.29 is 64.4 Å². The monoisotopic (exact) mass is 527 g/mol. The van der Waals surface area contributed by atoms with Crippen LogP contribution in [0.4, 0.5) is 5.95 Å². The van der Waals surface area contributed by atoms with E-state index < -0.39 is 70.5 Å². The molecule has 2 unspecified atom stereocenters. The van der Waals surface area contributed by atoms with Gasteiger partial charge in [-0.15, -0.1) is 4.73 Å². The van der Waals surface area contributed by atoms with E-state index in [4.69, 9.17) is 51.3 Å². The highest BCUT2D eigenvalue weighted by Gasteiger charge is 3.06. The van der Waals surface area contributed by atoms with Crippen molar-refractivity contribution in [2.24, 2.45) is 0 Å². The first kappa shape index (κ1) is 18.4. The zero-order chi connectivity index (χ0) is 22.6. The second kappa shape index (κ2) is 4.39. The number of anilines is 1. The predicted octanol–water partition coefficient (Wildman–Crippen LogP) is -1.23. The van der Waals surface area contributed by atoms with E-state index in [0.717, 1.165) is 4.57 Å². The third kappa shape index (κ3) is 1.54. The number of fused-ring (bicyclic) bond motifs is 1. The molecule has 11 heterocycles. The summed E-state index contributed by atoms with van der Waals surface area (Å²) in [6.07, 6.45) is -1.87. The molecule has 2 aromatic heterocycles. The van der Waals surface area contributed by atoms with Crippen LogP contribution in [0.15, 0.2) is 4.79 Å². The molecule has 0 saturated carbocycles. The van der Waals surface area contributed by atoms with Gasteiger partial charge in [-0.05, 0) is 0 Å². The third-order valence-corrected chi connectivity index (χ3v) is 10.0. The van der Waals surface area contributed by atoms with Gasteiger partial charge in [0.05, 0.1) is 0 Å². The summed E-state index contributed by atoms with van der Waals surface area (Å²) in [5.74, 6) is -11.7. The highest BCUT2D eigenvalue weighted by molar-refractivity contribution is 7.51. The normalized spacial score (nSPS) is 55.5. The number of aliphatic hydroxyl groups is 1. The zero-order valence-electron chi connectivity index (χ0n) is 14.9. The molecular formula is C10H4N5O15P3. The smallest absolute Gasteiger partial charge is 0.367 e. The predicted molar refractivity (Wildman–Crippen MR) is 87.1 cm³/mol. The van der Waals surface area contributed by atoms with Crippen LogP contribution in [0.1, 0.15) is 6.23 Å². The molecule has 7 fully saturated rings. The molecule has 4 atom stereocenters. The summed E-state index contributed by atoms with van der Waals surface area (Å²) in [6, 6.07) is -0.574. The fourth-order valence-corrected chi connectivity index (χ4v) is 9.55. The molecule has 11 rings (SSSR count). The van der Waals surface area contributed by atoms with E-state index in [1.807, 2.05) is 0 Å². The first-order chi connectivity index (χ1) is 15.4. The Morgan fingerprint density at radius 1 is 0.939 bits per heavy atom. The van der Waals surface area contributed by atoms with Crippen LogP contribution in [0.2, 0.25) is 0 Å².